The van der Waals surface area contributed by atoms with Gasteiger partial charge in [0.25, 0.3) is 0 Å². The molecule has 0 amide bonds. The van der Waals surface area contributed by atoms with Crippen LogP contribution in [-0.4, -0.2) is 37.3 Å². The van der Waals surface area contributed by atoms with Crippen molar-refractivity contribution in [2.24, 2.45) is 5.92 Å². The van der Waals surface area contributed by atoms with Gasteiger partial charge in [-0.05, 0) is 19.3 Å². The Morgan fingerprint density at radius 1 is 1.33 bits per heavy atom. The number of aromatic nitrogens is 4. The van der Waals surface area contributed by atoms with Crippen LogP contribution in [0.4, 0.5) is 11.8 Å². The minimum atomic E-state index is 0.162. The quantitative estimate of drug-likeness (QED) is 0.727. The number of nitrogens with one attached hydrogen (secondary N) is 1. The van der Waals surface area contributed by atoms with Crippen molar-refractivity contribution in [3.8, 4) is 0 Å². The fraction of sp³-hybridized carbons (Fsp3) is 0.500. The number of anilines is 2. The number of allylic oxidation sites excluding steroid dienone is 1. The number of nitrogen functional groups attached to an aromatic ring is 1. The number of hydrogen-bond acceptors (Lipinski definition) is 6. The van der Waals surface area contributed by atoms with Crippen molar-refractivity contribution in [3.05, 3.63) is 18.5 Å². The van der Waals surface area contributed by atoms with Crippen LogP contribution in [0.2, 0.25) is 0 Å². The third-order valence-electron chi connectivity index (χ3n) is 4.10. The molecule has 1 unspecified atom stereocenters. The Morgan fingerprint density at radius 2 is 2.19 bits per heavy atom. The second-order valence-corrected chi connectivity index (χ2v) is 5.80. The fourth-order valence-corrected chi connectivity index (χ4v) is 2.79. The van der Waals surface area contributed by atoms with E-state index < -0.39 is 0 Å². The molecule has 2 aliphatic rings. The first kappa shape index (κ1) is 12.6. The largest absolute Gasteiger partial charge is 0.396 e. The third kappa shape index (κ3) is 2.23. The normalized spacial score (nSPS) is 24.8. The van der Waals surface area contributed by atoms with Crippen LogP contribution in [0.5, 0.6) is 0 Å². The van der Waals surface area contributed by atoms with E-state index in [1.807, 2.05) is 10.6 Å². The predicted octanol–water partition coefficient (Wildman–Crippen LogP) is 1.09. The molecule has 0 bridgehead atoms. The Kier molecular flexibility index (Phi) is 2.81. The number of nitrogens with two attached hydrogens (primary N) is 1. The molecule has 0 aromatic carbocycles. The molecule has 0 aliphatic heterocycles. The van der Waals surface area contributed by atoms with E-state index in [1.54, 1.807) is 6.33 Å². The van der Waals surface area contributed by atoms with Crippen molar-refractivity contribution in [1.29, 1.82) is 0 Å². The van der Waals surface area contributed by atoms with Crippen LogP contribution >= 0.6 is 0 Å². The molecule has 7 heteroatoms. The zero-order valence-corrected chi connectivity index (χ0v) is 11.6. The van der Waals surface area contributed by atoms with E-state index in [1.165, 1.54) is 0 Å². The van der Waals surface area contributed by atoms with E-state index >= 15 is 0 Å². The lowest BCUT2D eigenvalue weighted by atomic mass is 10.1. The van der Waals surface area contributed by atoms with Gasteiger partial charge in [0.05, 0.1) is 12.4 Å². The number of hydrogen-bond donors (Lipinski definition) is 3. The minimum Gasteiger partial charge on any atom is -0.396 e. The van der Waals surface area contributed by atoms with Gasteiger partial charge in [-0.15, -0.1) is 0 Å². The zero-order chi connectivity index (χ0) is 14.4. The van der Waals surface area contributed by atoms with Gasteiger partial charge in [0.1, 0.15) is 0 Å². The highest BCUT2D eigenvalue weighted by Gasteiger charge is 2.26. The van der Waals surface area contributed by atoms with Gasteiger partial charge >= 0.3 is 0 Å². The van der Waals surface area contributed by atoms with Crippen molar-refractivity contribution < 1.29 is 5.11 Å². The molecule has 0 radical (unpaired) electrons. The molecule has 1 fully saturated rings. The number of aliphatic hydroxyl groups excluding tert-OH is 1. The third-order valence-corrected chi connectivity index (χ3v) is 4.10. The van der Waals surface area contributed by atoms with Gasteiger partial charge in [-0.3, -0.25) is 0 Å². The van der Waals surface area contributed by atoms with Crippen molar-refractivity contribution in [3.63, 3.8) is 0 Å². The summed E-state index contributed by atoms with van der Waals surface area (Å²) in [5.74, 6) is 1.18. The van der Waals surface area contributed by atoms with E-state index in [-0.39, 0.29) is 24.5 Å². The van der Waals surface area contributed by atoms with Gasteiger partial charge in [0.15, 0.2) is 17.0 Å². The smallest absolute Gasteiger partial charge is 0.224 e. The van der Waals surface area contributed by atoms with Crippen molar-refractivity contribution in [1.82, 2.24) is 19.5 Å². The maximum absolute atomic E-state index is 9.26. The second kappa shape index (κ2) is 4.70. The molecule has 0 spiro atoms. The minimum absolute atomic E-state index is 0.162. The molecule has 110 valence electrons. The Bertz CT molecular complexity index is 705. The van der Waals surface area contributed by atoms with Crippen LogP contribution < -0.4 is 11.1 Å². The fourth-order valence-electron chi connectivity index (χ4n) is 2.79. The molecule has 21 heavy (non-hydrogen) atoms. The summed E-state index contributed by atoms with van der Waals surface area (Å²) in [6.07, 6.45) is 9.10. The van der Waals surface area contributed by atoms with Crippen LogP contribution in [0.25, 0.3) is 11.2 Å². The Hall–Kier alpha value is -2.15. The molecule has 4 N–H and O–H groups in total. The van der Waals surface area contributed by atoms with E-state index in [0.717, 1.165) is 36.2 Å². The topological polar surface area (TPSA) is 102 Å². The highest BCUT2D eigenvalue weighted by molar-refractivity contribution is 5.84. The molecular formula is C14H18N6O. The van der Waals surface area contributed by atoms with Crippen LogP contribution in [0.3, 0.4) is 0 Å². The molecule has 2 aromatic rings. The highest BCUT2D eigenvalue weighted by Crippen LogP contribution is 2.32. The van der Waals surface area contributed by atoms with Gasteiger partial charge in [-0.25, -0.2) is 4.98 Å². The van der Waals surface area contributed by atoms with E-state index in [2.05, 4.69) is 26.3 Å². The maximum Gasteiger partial charge on any atom is 0.224 e. The van der Waals surface area contributed by atoms with Crippen LogP contribution in [-0.2, 0) is 0 Å². The summed E-state index contributed by atoms with van der Waals surface area (Å²) in [4.78, 5) is 13.1. The summed E-state index contributed by atoms with van der Waals surface area (Å²) in [6.45, 7) is 0.172. The molecule has 7 nitrogen and oxygen atoms in total. The average molecular weight is 286 g/mol. The summed E-state index contributed by atoms with van der Waals surface area (Å²) >= 11 is 0. The molecule has 2 atom stereocenters. The second-order valence-electron chi connectivity index (χ2n) is 5.80. The summed E-state index contributed by atoms with van der Waals surface area (Å²) in [5.41, 5.74) is 7.35. The number of nitrogens with zero attached hydrogens (tertiary/aromatic N) is 4. The first-order valence-electron chi connectivity index (χ1n) is 7.30. The number of fused-ring (bicyclic) bond motifs is 1. The van der Waals surface area contributed by atoms with Crippen LogP contribution in [0.1, 0.15) is 25.3 Å². The van der Waals surface area contributed by atoms with Gasteiger partial charge in [-0.1, -0.05) is 12.2 Å². The summed E-state index contributed by atoms with van der Waals surface area (Å²) in [7, 11) is 0. The average Bonchev–Trinajstić information content (AvgIpc) is 3.01. The van der Waals surface area contributed by atoms with Crippen LogP contribution in [0, 0.1) is 5.92 Å². The zero-order valence-electron chi connectivity index (χ0n) is 11.6. The van der Waals surface area contributed by atoms with Gasteiger partial charge < -0.3 is 20.7 Å². The number of rotatable bonds is 4. The van der Waals surface area contributed by atoms with Gasteiger partial charge in [0.2, 0.25) is 5.95 Å². The van der Waals surface area contributed by atoms with E-state index in [9.17, 15) is 5.11 Å². The lowest BCUT2D eigenvalue weighted by Gasteiger charge is -2.13. The van der Waals surface area contributed by atoms with Gasteiger partial charge in [-0.2, -0.15) is 9.97 Å². The van der Waals surface area contributed by atoms with E-state index in [0.29, 0.717) is 6.04 Å². The molecule has 0 saturated heterocycles. The molecule has 2 aliphatic carbocycles. The Labute approximate surface area is 121 Å². The number of imidazole rings is 1. The summed E-state index contributed by atoms with van der Waals surface area (Å²) in [5, 5.41) is 12.6. The van der Waals surface area contributed by atoms with Crippen molar-refractivity contribution in [2.45, 2.75) is 31.3 Å². The maximum atomic E-state index is 9.26. The molecule has 2 heterocycles. The standard InChI is InChI=1S/C14H18N6O/c15-14-18-12(17-9-2-3-9)11-13(19-14)20(7-16-11)10-4-1-8(5-10)6-21/h1,4,7-10,21H,2-3,5-6H2,(H3,15,17,18,19)/t8-,10?/m1/s1. The first-order valence-corrected chi connectivity index (χ1v) is 7.30. The Morgan fingerprint density at radius 3 is 2.90 bits per heavy atom. The highest BCUT2D eigenvalue weighted by atomic mass is 16.3. The first-order chi connectivity index (χ1) is 10.2. The molecular weight excluding hydrogens is 268 g/mol. The SMILES string of the molecule is Nc1nc(NC2CC2)c2ncn(C3C=C[C@@H](CO)C3)c2n1. The number of aliphatic hydroxyl groups is 1. The van der Waals surface area contributed by atoms with Crippen molar-refractivity contribution in [2.75, 3.05) is 17.7 Å². The van der Waals surface area contributed by atoms with Crippen LogP contribution in [0.15, 0.2) is 18.5 Å². The van der Waals surface area contributed by atoms with Crippen molar-refractivity contribution >= 4 is 22.9 Å². The predicted molar refractivity (Wildman–Crippen MR) is 79.7 cm³/mol. The summed E-state index contributed by atoms with van der Waals surface area (Å²) < 4.78 is 2.01. The summed E-state index contributed by atoms with van der Waals surface area (Å²) in [6, 6.07) is 0.646. The van der Waals surface area contributed by atoms with Gasteiger partial charge in [0, 0.05) is 18.6 Å². The monoisotopic (exact) mass is 286 g/mol. The lowest BCUT2D eigenvalue weighted by molar-refractivity contribution is 0.244. The molecule has 2 aromatic heterocycles. The Balaban J connectivity index is 1.73. The lowest BCUT2D eigenvalue weighted by Crippen LogP contribution is -2.10. The molecule has 1 saturated carbocycles. The van der Waals surface area contributed by atoms with E-state index in [4.69, 9.17) is 5.73 Å². The molecule has 4 rings (SSSR count).